The van der Waals surface area contributed by atoms with Gasteiger partial charge in [-0.05, 0) is 36.8 Å². The Hall–Kier alpha value is -2.97. The third kappa shape index (κ3) is 4.29. The number of carbonyl (C=O) groups is 1. The average Bonchev–Trinajstić information content (AvgIpc) is 3.09. The molecule has 146 valence electrons. The number of urea groups is 1. The minimum atomic E-state index is -0.238. The van der Waals surface area contributed by atoms with Gasteiger partial charge >= 0.3 is 6.03 Å². The van der Waals surface area contributed by atoms with Crippen LogP contribution in [0.15, 0.2) is 42.7 Å². The van der Waals surface area contributed by atoms with Gasteiger partial charge in [0.2, 0.25) is 0 Å². The Kier molecular flexibility index (Phi) is 5.50. The summed E-state index contributed by atoms with van der Waals surface area (Å²) in [6.45, 7) is 5.46. The number of aryl methyl sites for hydroxylation is 1. The minimum absolute atomic E-state index is 0.0566. The summed E-state index contributed by atoms with van der Waals surface area (Å²) < 4.78 is 5.46. The topological polar surface area (TPSA) is 95.2 Å². The van der Waals surface area contributed by atoms with Crippen LogP contribution < -0.4 is 10.6 Å². The Morgan fingerprint density at radius 1 is 1.32 bits per heavy atom. The van der Waals surface area contributed by atoms with Crippen molar-refractivity contribution in [2.75, 3.05) is 38.2 Å². The van der Waals surface area contributed by atoms with Crippen molar-refractivity contribution in [1.82, 2.24) is 25.2 Å². The van der Waals surface area contributed by atoms with Gasteiger partial charge in [-0.2, -0.15) is 0 Å². The van der Waals surface area contributed by atoms with E-state index < -0.39 is 0 Å². The second-order valence-electron chi connectivity index (χ2n) is 6.84. The molecule has 0 saturated carbocycles. The number of rotatable bonds is 5. The van der Waals surface area contributed by atoms with E-state index in [1.165, 1.54) is 0 Å². The standard InChI is InChI=1S/C20H24N6O2/c1-14-23-17-5-4-16(11-18(17)24-14)25-20(27)22-13-19(15-3-2-6-21-12-15)26-7-9-28-10-8-26/h2-6,11-12,19H,7-10,13H2,1H3,(H,23,24)(H2,22,25,27)/t19-/m1/s1. The molecule has 3 N–H and O–H groups in total. The average molecular weight is 380 g/mol. The smallest absolute Gasteiger partial charge is 0.319 e. The molecule has 3 heterocycles. The molecule has 4 rings (SSSR count). The van der Waals surface area contributed by atoms with E-state index in [0.29, 0.717) is 19.8 Å². The van der Waals surface area contributed by atoms with E-state index in [-0.39, 0.29) is 12.1 Å². The molecule has 0 unspecified atom stereocenters. The summed E-state index contributed by atoms with van der Waals surface area (Å²) in [5.41, 5.74) is 3.58. The summed E-state index contributed by atoms with van der Waals surface area (Å²) in [6.07, 6.45) is 3.61. The molecule has 3 aromatic rings. The van der Waals surface area contributed by atoms with Crippen LogP contribution in [0.2, 0.25) is 0 Å². The van der Waals surface area contributed by atoms with Gasteiger partial charge in [0.05, 0.1) is 30.3 Å². The maximum atomic E-state index is 12.5. The molecule has 8 nitrogen and oxygen atoms in total. The number of benzene rings is 1. The lowest BCUT2D eigenvalue weighted by molar-refractivity contribution is 0.0167. The van der Waals surface area contributed by atoms with Crippen LogP contribution in [0.4, 0.5) is 10.5 Å². The first-order valence-electron chi connectivity index (χ1n) is 9.42. The number of hydrogen-bond donors (Lipinski definition) is 3. The zero-order chi connectivity index (χ0) is 19.3. The Bertz CT molecular complexity index is 936. The molecule has 1 aromatic carbocycles. The molecule has 1 saturated heterocycles. The Labute approximate surface area is 163 Å². The molecular weight excluding hydrogens is 356 g/mol. The molecule has 0 bridgehead atoms. The zero-order valence-corrected chi connectivity index (χ0v) is 15.8. The fourth-order valence-electron chi connectivity index (χ4n) is 3.50. The predicted molar refractivity (Wildman–Crippen MR) is 107 cm³/mol. The van der Waals surface area contributed by atoms with Gasteiger partial charge in [-0.15, -0.1) is 0 Å². The Morgan fingerprint density at radius 2 is 2.18 bits per heavy atom. The number of hydrogen-bond acceptors (Lipinski definition) is 5. The fraction of sp³-hybridized carbons (Fsp3) is 0.350. The van der Waals surface area contributed by atoms with Crippen LogP contribution in [-0.2, 0) is 4.74 Å². The zero-order valence-electron chi connectivity index (χ0n) is 15.8. The number of imidazole rings is 1. The van der Waals surface area contributed by atoms with Crippen molar-refractivity contribution in [1.29, 1.82) is 0 Å². The maximum Gasteiger partial charge on any atom is 0.319 e. The van der Waals surface area contributed by atoms with Gasteiger partial charge in [0, 0.05) is 37.7 Å². The number of fused-ring (bicyclic) bond motifs is 1. The monoisotopic (exact) mass is 380 g/mol. The first kappa shape index (κ1) is 18.4. The van der Waals surface area contributed by atoms with Crippen LogP contribution in [0, 0.1) is 6.92 Å². The van der Waals surface area contributed by atoms with Crippen molar-refractivity contribution in [2.24, 2.45) is 0 Å². The van der Waals surface area contributed by atoms with E-state index >= 15 is 0 Å². The number of carbonyl (C=O) groups excluding carboxylic acids is 1. The van der Waals surface area contributed by atoms with Crippen molar-refractivity contribution in [3.8, 4) is 0 Å². The van der Waals surface area contributed by atoms with Gasteiger partial charge in [-0.3, -0.25) is 9.88 Å². The highest BCUT2D eigenvalue weighted by Gasteiger charge is 2.23. The highest BCUT2D eigenvalue weighted by Crippen LogP contribution is 2.21. The van der Waals surface area contributed by atoms with E-state index in [4.69, 9.17) is 4.74 Å². The van der Waals surface area contributed by atoms with Gasteiger partial charge < -0.3 is 20.4 Å². The number of anilines is 1. The number of amides is 2. The van der Waals surface area contributed by atoms with Gasteiger partial charge in [-0.25, -0.2) is 9.78 Å². The molecule has 2 amide bonds. The van der Waals surface area contributed by atoms with Crippen LogP contribution in [0.1, 0.15) is 17.4 Å². The van der Waals surface area contributed by atoms with E-state index in [9.17, 15) is 4.79 Å². The molecule has 1 aliphatic heterocycles. The third-order valence-electron chi connectivity index (χ3n) is 4.87. The second kappa shape index (κ2) is 8.37. The number of pyridine rings is 1. The molecule has 1 aliphatic rings. The quantitative estimate of drug-likeness (QED) is 0.632. The summed E-state index contributed by atoms with van der Waals surface area (Å²) in [6, 6.07) is 9.41. The molecule has 0 radical (unpaired) electrons. The van der Waals surface area contributed by atoms with Gasteiger partial charge in [0.1, 0.15) is 5.82 Å². The number of morpholine rings is 1. The molecule has 8 heteroatoms. The lowest BCUT2D eigenvalue weighted by Crippen LogP contribution is -2.44. The predicted octanol–water partition coefficient (Wildman–Crippen LogP) is 2.46. The van der Waals surface area contributed by atoms with Gasteiger partial charge in [-0.1, -0.05) is 6.07 Å². The van der Waals surface area contributed by atoms with E-state index in [1.54, 1.807) is 6.20 Å². The molecule has 1 fully saturated rings. The van der Waals surface area contributed by atoms with Gasteiger partial charge in [0.25, 0.3) is 0 Å². The normalized spacial score (nSPS) is 16.0. The van der Waals surface area contributed by atoms with E-state index in [2.05, 4.69) is 30.5 Å². The fourth-order valence-corrected chi connectivity index (χ4v) is 3.50. The number of nitrogens with zero attached hydrogens (tertiary/aromatic N) is 3. The Morgan fingerprint density at radius 3 is 2.96 bits per heavy atom. The summed E-state index contributed by atoms with van der Waals surface area (Å²) in [5, 5.41) is 5.89. The summed E-state index contributed by atoms with van der Waals surface area (Å²) in [4.78, 5) is 26.6. The number of aromatic amines is 1. The summed E-state index contributed by atoms with van der Waals surface area (Å²) in [5.74, 6) is 0.849. The van der Waals surface area contributed by atoms with Crippen molar-refractivity contribution >= 4 is 22.8 Å². The number of H-pyrrole nitrogens is 1. The van der Waals surface area contributed by atoms with Crippen LogP contribution in [0.5, 0.6) is 0 Å². The SMILES string of the molecule is Cc1nc2ccc(NC(=O)NC[C@H](c3cccnc3)N3CCOCC3)cc2[nH]1. The minimum Gasteiger partial charge on any atom is -0.379 e. The summed E-state index contributed by atoms with van der Waals surface area (Å²) in [7, 11) is 0. The molecular formula is C20H24N6O2. The first-order valence-corrected chi connectivity index (χ1v) is 9.42. The summed E-state index contributed by atoms with van der Waals surface area (Å²) >= 11 is 0. The molecule has 2 aromatic heterocycles. The van der Waals surface area contributed by atoms with Crippen LogP contribution in [0.3, 0.4) is 0 Å². The largest absolute Gasteiger partial charge is 0.379 e. The highest BCUT2D eigenvalue weighted by molar-refractivity contribution is 5.91. The molecule has 0 aliphatic carbocycles. The molecule has 1 atom stereocenters. The van der Waals surface area contributed by atoms with E-state index in [0.717, 1.165) is 41.2 Å². The number of aromatic nitrogens is 3. The molecule has 28 heavy (non-hydrogen) atoms. The lowest BCUT2D eigenvalue weighted by Gasteiger charge is -2.34. The van der Waals surface area contributed by atoms with Crippen molar-refractivity contribution in [2.45, 2.75) is 13.0 Å². The highest BCUT2D eigenvalue weighted by atomic mass is 16.5. The number of nitrogens with one attached hydrogen (secondary N) is 3. The second-order valence-corrected chi connectivity index (χ2v) is 6.84. The molecule has 0 spiro atoms. The van der Waals surface area contributed by atoms with Crippen molar-refractivity contribution < 1.29 is 9.53 Å². The van der Waals surface area contributed by atoms with Crippen LogP contribution >= 0.6 is 0 Å². The van der Waals surface area contributed by atoms with Gasteiger partial charge in [0.15, 0.2) is 0 Å². The lowest BCUT2D eigenvalue weighted by atomic mass is 10.1. The maximum absolute atomic E-state index is 12.5. The van der Waals surface area contributed by atoms with Crippen molar-refractivity contribution in [3.63, 3.8) is 0 Å². The first-order chi connectivity index (χ1) is 13.7. The number of ether oxygens (including phenoxy) is 1. The Balaban J connectivity index is 1.41. The van der Waals surface area contributed by atoms with Crippen molar-refractivity contribution in [3.05, 3.63) is 54.1 Å². The van der Waals surface area contributed by atoms with Crippen LogP contribution in [-0.4, -0.2) is 58.7 Å². The van der Waals surface area contributed by atoms with E-state index in [1.807, 2.05) is 43.5 Å². The van der Waals surface area contributed by atoms with Crippen LogP contribution in [0.25, 0.3) is 11.0 Å². The third-order valence-corrected chi connectivity index (χ3v) is 4.87.